The van der Waals surface area contributed by atoms with E-state index < -0.39 is 0 Å². The Kier molecular flexibility index (Phi) is 4.21. The van der Waals surface area contributed by atoms with Crippen molar-refractivity contribution < 1.29 is 9.47 Å². The smallest absolute Gasteiger partial charge is 0.191 e. The van der Waals surface area contributed by atoms with Crippen LogP contribution in [0.5, 0.6) is 11.5 Å². The van der Waals surface area contributed by atoms with E-state index in [1.165, 1.54) is 0 Å². The molecule has 0 bridgehead atoms. The normalized spacial score (nSPS) is 16.4. The maximum atomic E-state index is 5.86. The summed E-state index contributed by atoms with van der Waals surface area (Å²) < 4.78 is 13.7. The second-order valence-corrected chi connectivity index (χ2v) is 7.02. The lowest BCUT2D eigenvalue weighted by molar-refractivity contribution is 0.144. The third-order valence-electron chi connectivity index (χ3n) is 3.20. The van der Waals surface area contributed by atoms with Gasteiger partial charge in [0.15, 0.2) is 16.7 Å². The Morgan fingerprint density at radius 1 is 1.43 bits per heavy atom. The molecule has 21 heavy (non-hydrogen) atoms. The van der Waals surface area contributed by atoms with Gasteiger partial charge in [-0.05, 0) is 0 Å². The van der Waals surface area contributed by atoms with Gasteiger partial charge in [-0.15, -0.1) is 28.1 Å². The van der Waals surface area contributed by atoms with E-state index in [0.29, 0.717) is 13.2 Å². The third kappa shape index (κ3) is 3.24. The Bertz CT molecular complexity index is 601. The van der Waals surface area contributed by atoms with Crippen molar-refractivity contribution in [2.45, 2.75) is 18.6 Å². The molecule has 0 radical (unpaired) electrons. The minimum Gasteiger partial charge on any atom is -0.488 e. The van der Waals surface area contributed by atoms with Gasteiger partial charge in [0.2, 0.25) is 0 Å². The molecule has 0 atom stereocenters. The second-order valence-electron chi connectivity index (χ2n) is 5.33. The van der Waals surface area contributed by atoms with Crippen LogP contribution in [0.4, 0.5) is 0 Å². The lowest BCUT2D eigenvalue weighted by atomic mass is 9.96. The van der Waals surface area contributed by atoms with Crippen molar-refractivity contribution in [2.75, 3.05) is 19.0 Å². The Morgan fingerprint density at radius 3 is 2.81 bits per heavy atom. The van der Waals surface area contributed by atoms with Gasteiger partial charge in [-0.1, -0.05) is 24.8 Å². The summed E-state index contributed by atoms with van der Waals surface area (Å²) in [7, 11) is 0. The fraction of sp³-hybridized carbons (Fsp3) is 0.429. The van der Waals surface area contributed by atoms with Gasteiger partial charge >= 0.3 is 0 Å². The summed E-state index contributed by atoms with van der Waals surface area (Å²) in [5.41, 5.74) is -0.0632. The molecule has 1 aliphatic heterocycles. The molecule has 2 aromatic rings. The summed E-state index contributed by atoms with van der Waals surface area (Å²) in [6, 6.07) is 0. The quantitative estimate of drug-likeness (QED) is 0.625. The first-order valence-corrected chi connectivity index (χ1v) is 8.56. The average molecular weight is 323 g/mol. The molecule has 0 amide bonds. The number of nitrogens with zero attached hydrogens (tertiary/aromatic N) is 3. The topological polar surface area (TPSA) is 49.2 Å². The van der Waals surface area contributed by atoms with Gasteiger partial charge in [0.05, 0.1) is 13.2 Å². The van der Waals surface area contributed by atoms with Gasteiger partial charge in [0.1, 0.15) is 6.33 Å². The van der Waals surface area contributed by atoms with Gasteiger partial charge < -0.3 is 14.0 Å². The van der Waals surface area contributed by atoms with E-state index in [1.54, 1.807) is 29.4 Å². The zero-order valence-electron chi connectivity index (χ0n) is 11.8. The van der Waals surface area contributed by atoms with Crippen molar-refractivity contribution in [1.29, 1.82) is 0 Å². The second kappa shape index (κ2) is 6.11. The van der Waals surface area contributed by atoms with Crippen LogP contribution in [0.2, 0.25) is 0 Å². The molecule has 112 valence electrons. The van der Waals surface area contributed by atoms with E-state index in [-0.39, 0.29) is 5.41 Å². The van der Waals surface area contributed by atoms with Crippen molar-refractivity contribution in [3.8, 4) is 11.5 Å². The zero-order valence-corrected chi connectivity index (χ0v) is 13.5. The number of thiophene rings is 1. The number of hydrogen-bond donors (Lipinski definition) is 0. The SMILES string of the molecule is C=CCn1cnnc1SCC1(C)COc2cscc2OC1. The van der Waals surface area contributed by atoms with Crippen LogP contribution in [0.1, 0.15) is 6.92 Å². The van der Waals surface area contributed by atoms with Crippen LogP contribution >= 0.6 is 23.1 Å². The van der Waals surface area contributed by atoms with Crippen LogP contribution in [0.25, 0.3) is 0 Å². The van der Waals surface area contributed by atoms with Gasteiger partial charge in [-0.2, -0.15) is 0 Å². The molecule has 5 nitrogen and oxygen atoms in total. The third-order valence-corrected chi connectivity index (χ3v) is 5.32. The summed E-state index contributed by atoms with van der Waals surface area (Å²) in [5.74, 6) is 2.56. The molecule has 0 unspecified atom stereocenters. The molecule has 0 saturated carbocycles. The van der Waals surface area contributed by atoms with E-state index in [1.807, 2.05) is 21.4 Å². The molecule has 2 aromatic heterocycles. The number of rotatable bonds is 5. The summed E-state index contributed by atoms with van der Waals surface area (Å²) in [6.45, 7) is 7.91. The molecule has 3 rings (SSSR count). The minimum atomic E-state index is -0.0632. The summed E-state index contributed by atoms with van der Waals surface area (Å²) in [5, 5.41) is 13.0. The summed E-state index contributed by atoms with van der Waals surface area (Å²) >= 11 is 3.27. The van der Waals surface area contributed by atoms with Gasteiger partial charge in [0.25, 0.3) is 0 Å². The zero-order chi connectivity index (χ0) is 14.7. The Hall–Kier alpha value is -1.47. The maximum absolute atomic E-state index is 5.86. The highest BCUT2D eigenvalue weighted by Gasteiger charge is 2.31. The van der Waals surface area contributed by atoms with Crippen molar-refractivity contribution in [3.63, 3.8) is 0 Å². The van der Waals surface area contributed by atoms with Crippen LogP contribution in [-0.2, 0) is 6.54 Å². The first-order valence-electron chi connectivity index (χ1n) is 6.63. The van der Waals surface area contributed by atoms with E-state index in [4.69, 9.17) is 9.47 Å². The highest BCUT2D eigenvalue weighted by Crippen LogP contribution is 2.38. The lowest BCUT2D eigenvalue weighted by Crippen LogP contribution is -2.32. The van der Waals surface area contributed by atoms with Crippen molar-refractivity contribution >= 4 is 23.1 Å². The fourth-order valence-electron chi connectivity index (χ4n) is 1.97. The highest BCUT2D eigenvalue weighted by atomic mass is 32.2. The molecular formula is C14H17N3O2S2. The first-order chi connectivity index (χ1) is 10.2. The standard InChI is InChI=1S/C14H17N3O2S2/c1-3-4-17-10-15-16-13(17)21-9-14(2)7-18-11-5-20-6-12(11)19-8-14/h3,5-6,10H,1,4,7-9H2,2H3. The van der Waals surface area contributed by atoms with E-state index in [9.17, 15) is 0 Å². The molecule has 0 aromatic carbocycles. The number of thioether (sulfide) groups is 1. The van der Waals surface area contributed by atoms with Crippen LogP contribution in [0, 0.1) is 5.41 Å². The van der Waals surface area contributed by atoms with E-state index in [0.717, 1.165) is 29.0 Å². The first kappa shape index (κ1) is 14.5. The highest BCUT2D eigenvalue weighted by molar-refractivity contribution is 7.99. The average Bonchev–Trinajstić information content (AvgIpc) is 3.08. The van der Waals surface area contributed by atoms with E-state index >= 15 is 0 Å². The predicted molar refractivity (Wildman–Crippen MR) is 84.4 cm³/mol. The maximum Gasteiger partial charge on any atom is 0.191 e. The lowest BCUT2D eigenvalue weighted by Gasteiger charge is -2.25. The molecule has 0 fully saturated rings. The number of hydrogen-bond acceptors (Lipinski definition) is 6. The molecule has 0 aliphatic carbocycles. The summed E-state index contributed by atoms with van der Waals surface area (Å²) in [4.78, 5) is 0. The van der Waals surface area contributed by atoms with Crippen LogP contribution in [0.15, 0.2) is 34.9 Å². The van der Waals surface area contributed by atoms with Crippen molar-refractivity contribution in [2.24, 2.45) is 5.41 Å². The molecule has 0 N–H and O–H groups in total. The number of ether oxygens (including phenoxy) is 2. The predicted octanol–water partition coefficient (Wildman–Crippen LogP) is 3.10. The van der Waals surface area contributed by atoms with Crippen LogP contribution < -0.4 is 9.47 Å². The van der Waals surface area contributed by atoms with Gasteiger partial charge in [0, 0.05) is 28.5 Å². The van der Waals surface area contributed by atoms with Crippen molar-refractivity contribution in [1.82, 2.24) is 14.8 Å². The Labute approximate surface area is 132 Å². The summed E-state index contributed by atoms with van der Waals surface area (Å²) in [6.07, 6.45) is 3.56. The van der Waals surface area contributed by atoms with Gasteiger partial charge in [-0.3, -0.25) is 0 Å². The number of fused-ring (bicyclic) bond motifs is 1. The fourth-order valence-corrected chi connectivity index (χ4v) is 3.69. The monoisotopic (exact) mass is 323 g/mol. The number of aromatic nitrogens is 3. The molecule has 3 heterocycles. The van der Waals surface area contributed by atoms with Crippen LogP contribution in [-0.4, -0.2) is 33.7 Å². The van der Waals surface area contributed by atoms with Gasteiger partial charge in [-0.25, -0.2) is 0 Å². The largest absolute Gasteiger partial charge is 0.488 e. The van der Waals surface area contributed by atoms with Crippen LogP contribution in [0.3, 0.4) is 0 Å². The molecule has 0 saturated heterocycles. The molecular weight excluding hydrogens is 306 g/mol. The number of allylic oxidation sites excluding steroid dienone is 1. The Morgan fingerprint density at radius 2 is 2.14 bits per heavy atom. The Balaban J connectivity index is 1.63. The molecule has 0 spiro atoms. The van der Waals surface area contributed by atoms with E-state index in [2.05, 4.69) is 23.7 Å². The minimum absolute atomic E-state index is 0.0632. The molecule has 7 heteroatoms. The van der Waals surface area contributed by atoms with Crippen molar-refractivity contribution in [3.05, 3.63) is 29.7 Å². The molecule has 1 aliphatic rings.